The van der Waals surface area contributed by atoms with Crippen molar-refractivity contribution in [1.82, 2.24) is 20.2 Å². The van der Waals surface area contributed by atoms with E-state index in [0.29, 0.717) is 12.4 Å². The molecule has 8 heteroatoms. The molecular formula is C13H15FN4O3. The Kier molecular flexibility index (Phi) is 5.19. The number of hydrogen-bond donors (Lipinski definition) is 0. The van der Waals surface area contributed by atoms with Crippen LogP contribution in [0.1, 0.15) is 19.2 Å². The van der Waals surface area contributed by atoms with Crippen LogP contribution in [0.3, 0.4) is 0 Å². The summed E-state index contributed by atoms with van der Waals surface area (Å²) < 4.78 is 24.6. The number of aryl methyl sites for hydroxylation is 1. The molecule has 2 aromatic rings. The standard InChI is InChI=1S/C13H15FN4O3/c1-2-6-18-12(15-16-17-18)8-21-13(19)9-20-11-5-3-4-10(14)7-11/h3-5,7H,2,6,8-9H2,1H3. The Morgan fingerprint density at radius 2 is 2.29 bits per heavy atom. The van der Waals surface area contributed by atoms with Crippen molar-refractivity contribution in [3.05, 3.63) is 35.9 Å². The Balaban J connectivity index is 1.78. The van der Waals surface area contributed by atoms with Crippen LogP contribution in [0, 0.1) is 5.82 Å². The summed E-state index contributed by atoms with van der Waals surface area (Å²) in [7, 11) is 0. The highest BCUT2D eigenvalue weighted by Gasteiger charge is 2.10. The van der Waals surface area contributed by atoms with Crippen LogP contribution >= 0.6 is 0 Å². The van der Waals surface area contributed by atoms with Gasteiger partial charge in [-0.05, 0) is 29.0 Å². The molecule has 0 fully saturated rings. The predicted octanol–water partition coefficient (Wildman–Crippen LogP) is 1.34. The molecule has 0 bridgehead atoms. The molecule has 0 spiro atoms. The number of benzene rings is 1. The zero-order valence-electron chi connectivity index (χ0n) is 11.5. The Morgan fingerprint density at radius 1 is 1.43 bits per heavy atom. The van der Waals surface area contributed by atoms with Crippen molar-refractivity contribution in [2.24, 2.45) is 0 Å². The van der Waals surface area contributed by atoms with Crippen LogP contribution in [-0.2, 0) is 22.7 Å². The largest absolute Gasteiger partial charge is 0.482 e. The lowest BCUT2D eigenvalue weighted by atomic mass is 10.3. The van der Waals surface area contributed by atoms with Gasteiger partial charge in [0.2, 0.25) is 0 Å². The summed E-state index contributed by atoms with van der Waals surface area (Å²) in [6.45, 7) is 2.31. The number of aromatic nitrogens is 4. The van der Waals surface area contributed by atoms with Gasteiger partial charge in [0.15, 0.2) is 19.0 Å². The summed E-state index contributed by atoms with van der Waals surface area (Å²) in [6.07, 6.45) is 0.870. The topological polar surface area (TPSA) is 79.1 Å². The molecule has 7 nitrogen and oxygen atoms in total. The van der Waals surface area contributed by atoms with Gasteiger partial charge in [-0.25, -0.2) is 13.9 Å². The summed E-state index contributed by atoms with van der Waals surface area (Å²) >= 11 is 0. The van der Waals surface area contributed by atoms with E-state index in [0.717, 1.165) is 6.42 Å². The number of hydrogen-bond acceptors (Lipinski definition) is 6. The van der Waals surface area contributed by atoms with Crippen molar-refractivity contribution in [3.63, 3.8) is 0 Å². The molecule has 2 rings (SSSR count). The Labute approximate surface area is 120 Å². The van der Waals surface area contributed by atoms with Gasteiger partial charge in [0.1, 0.15) is 11.6 Å². The van der Waals surface area contributed by atoms with Gasteiger partial charge in [0, 0.05) is 12.6 Å². The van der Waals surface area contributed by atoms with Crippen LogP contribution in [0.4, 0.5) is 4.39 Å². The molecular weight excluding hydrogens is 279 g/mol. The highest BCUT2D eigenvalue weighted by atomic mass is 19.1. The average molecular weight is 294 g/mol. The summed E-state index contributed by atoms with van der Waals surface area (Å²) in [5, 5.41) is 11.1. The molecule has 21 heavy (non-hydrogen) atoms. The number of carbonyl (C=O) groups excluding carboxylic acids is 1. The van der Waals surface area contributed by atoms with Crippen molar-refractivity contribution in [3.8, 4) is 5.75 Å². The monoisotopic (exact) mass is 294 g/mol. The summed E-state index contributed by atoms with van der Waals surface area (Å²) in [5.41, 5.74) is 0. The molecule has 0 N–H and O–H groups in total. The van der Waals surface area contributed by atoms with Crippen LogP contribution in [-0.4, -0.2) is 32.8 Å². The number of carbonyl (C=O) groups is 1. The normalized spacial score (nSPS) is 10.4. The van der Waals surface area contributed by atoms with E-state index in [9.17, 15) is 9.18 Å². The van der Waals surface area contributed by atoms with Gasteiger partial charge in [-0.1, -0.05) is 13.0 Å². The van der Waals surface area contributed by atoms with E-state index < -0.39 is 11.8 Å². The average Bonchev–Trinajstić information content (AvgIpc) is 2.91. The van der Waals surface area contributed by atoms with Gasteiger partial charge >= 0.3 is 5.97 Å². The molecule has 1 aromatic heterocycles. The molecule has 0 amide bonds. The second kappa shape index (κ2) is 7.32. The Morgan fingerprint density at radius 3 is 3.05 bits per heavy atom. The van der Waals surface area contributed by atoms with E-state index in [2.05, 4.69) is 15.5 Å². The van der Waals surface area contributed by atoms with Gasteiger partial charge in [-0.15, -0.1) is 5.10 Å². The summed E-state index contributed by atoms with van der Waals surface area (Å²) in [4.78, 5) is 11.5. The fourth-order valence-corrected chi connectivity index (χ4v) is 1.60. The third-order valence-electron chi connectivity index (χ3n) is 2.56. The lowest BCUT2D eigenvalue weighted by molar-refractivity contribution is -0.147. The number of nitrogens with zero attached hydrogens (tertiary/aromatic N) is 4. The lowest BCUT2D eigenvalue weighted by Gasteiger charge is -2.07. The summed E-state index contributed by atoms with van der Waals surface area (Å²) in [6, 6.07) is 5.53. The quantitative estimate of drug-likeness (QED) is 0.717. The third-order valence-corrected chi connectivity index (χ3v) is 2.56. The highest BCUT2D eigenvalue weighted by Crippen LogP contribution is 2.11. The maximum atomic E-state index is 12.9. The van der Waals surface area contributed by atoms with E-state index in [1.54, 1.807) is 10.7 Å². The minimum absolute atomic E-state index is 0.0294. The molecule has 0 aliphatic rings. The zero-order chi connectivity index (χ0) is 15.1. The van der Waals surface area contributed by atoms with E-state index in [-0.39, 0.29) is 19.0 Å². The third kappa shape index (κ3) is 4.51. The molecule has 0 aliphatic carbocycles. The predicted molar refractivity (Wildman–Crippen MR) is 69.8 cm³/mol. The van der Waals surface area contributed by atoms with Crippen molar-refractivity contribution in [2.75, 3.05) is 6.61 Å². The minimum Gasteiger partial charge on any atom is -0.482 e. The van der Waals surface area contributed by atoms with Gasteiger partial charge in [-0.3, -0.25) is 0 Å². The molecule has 0 saturated heterocycles. The lowest BCUT2D eigenvalue weighted by Crippen LogP contribution is -2.16. The first-order valence-electron chi connectivity index (χ1n) is 6.48. The number of rotatable bonds is 7. The van der Waals surface area contributed by atoms with Crippen molar-refractivity contribution >= 4 is 5.97 Å². The molecule has 0 radical (unpaired) electrons. The van der Waals surface area contributed by atoms with Crippen molar-refractivity contribution < 1.29 is 18.7 Å². The van der Waals surface area contributed by atoms with Gasteiger partial charge in [-0.2, -0.15) is 0 Å². The first-order chi connectivity index (χ1) is 10.2. The van der Waals surface area contributed by atoms with Crippen molar-refractivity contribution in [2.45, 2.75) is 26.5 Å². The van der Waals surface area contributed by atoms with Gasteiger partial charge in [0.25, 0.3) is 0 Å². The van der Waals surface area contributed by atoms with Crippen LogP contribution in [0.25, 0.3) is 0 Å². The maximum absolute atomic E-state index is 12.9. The van der Waals surface area contributed by atoms with Crippen LogP contribution in [0.5, 0.6) is 5.75 Å². The van der Waals surface area contributed by atoms with Crippen LogP contribution < -0.4 is 4.74 Å². The molecule has 112 valence electrons. The number of esters is 1. The maximum Gasteiger partial charge on any atom is 0.344 e. The minimum atomic E-state index is -0.578. The first kappa shape index (κ1) is 14.9. The Hall–Kier alpha value is -2.51. The Bertz CT molecular complexity index is 603. The van der Waals surface area contributed by atoms with Crippen molar-refractivity contribution in [1.29, 1.82) is 0 Å². The zero-order valence-corrected chi connectivity index (χ0v) is 11.5. The summed E-state index contributed by atoms with van der Waals surface area (Å²) in [5.74, 6) is -0.274. The molecule has 0 saturated carbocycles. The molecule has 1 aromatic carbocycles. The first-order valence-corrected chi connectivity index (χ1v) is 6.48. The highest BCUT2D eigenvalue weighted by molar-refractivity contribution is 5.71. The van der Waals surface area contributed by atoms with Crippen LogP contribution in [0.2, 0.25) is 0 Å². The van der Waals surface area contributed by atoms with E-state index in [1.165, 1.54) is 18.2 Å². The molecule has 1 heterocycles. The fraction of sp³-hybridized carbons (Fsp3) is 0.385. The smallest absolute Gasteiger partial charge is 0.344 e. The van der Waals surface area contributed by atoms with Gasteiger partial charge in [0.05, 0.1) is 0 Å². The second-order valence-electron chi connectivity index (χ2n) is 4.22. The van der Waals surface area contributed by atoms with E-state index in [4.69, 9.17) is 9.47 Å². The van der Waals surface area contributed by atoms with E-state index >= 15 is 0 Å². The molecule has 0 atom stereocenters. The fourth-order valence-electron chi connectivity index (χ4n) is 1.60. The molecule has 0 aliphatic heterocycles. The second-order valence-corrected chi connectivity index (χ2v) is 4.22. The van der Waals surface area contributed by atoms with Crippen LogP contribution in [0.15, 0.2) is 24.3 Å². The molecule has 0 unspecified atom stereocenters. The number of tetrazole rings is 1. The number of halogens is 1. The van der Waals surface area contributed by atoms with E-state index in [1.807, 2.05) is 6.92 Å². The SMILES string of the molecule is CCCn1nnnc1COC(=O)COc1cccc(F)c1. The number of ether oxygens (including phenoxy) is 2. The van der Waals surface area contributed by atoms with Gasteiger partial charge < -0.3 is 9.47 Å².